The second-order valence-corrected chi connectivity index (χ2v) is 7.86. The van der Waals surface area contributed by atoms with E-state index in [2.05, 4.69) is 30.1 Å². The van der Waals surface area contributed by atoms with Gasteiger partial charge in [-0.3, -0.25) is 10.2 Å². The Balaban J connectivity index is 2.16. The summed E-state index contributed by atoms with van der Waals surface area (Å²) in [5.41, 5.74) is 5.47. The average molecular weight is 391 g/mol. The number of carbonyl (C=O) groups is 1. The highest BCUT2D eigenvalue weighted by Gasteiger charge is 2.17. The Labute approximate surface area is 173 Å². The Morgan fingerprint density at radius 1 is 1.21 bits per heavy atom. The largest absolute Gasteiger partial charge is 0.310 e. The molecule has 0 aliphatic heterocycles. The van der Waals surface area contributed by atoms with Crippen LogP contribution in [-0.4, -0.2) is 30.7 Å². The third-order valence-corrected chi connectivity index (χ3v) is 4.85. The van der Waals surface area contributed by atoms with E-state index in [0.717, 1.165) is 35.2 Å². The van der Waals surface area contributed by atoms with Gasteiger partial charge in [0.2, 0.25) is 5.91 Å². The predicted molar refractivity (Wildman–Crippen MR) is 117 cm³/mol. The molecule has 2 aromatic carbocycles. The summed E-state index contributed by atoms with van der Waals surface area (Å²) >= 11 is 0. The molecule has 0 atom stereocenters. The van der Waals surface area contributed by atoms with Crippen LogP contribution in [0, 0.1) is 16.7 Å². The highest BCUT2D eigenvalue weighted by molar-refractivity contribution is 6.06. The molecule has 0 aliphatic rings. The number of nitriles is 1. The first-order valence-electron chi connectivity index (χ1n) is 9.93. The number of carbonyl (C=O) groups excluding carboxylic acids is 1. The molecule has 1 amide bonds. The van der Waals surface area contributed by atoms with E-state index in [-0.39, 0.29) is 24.1 Å². The van der Waals surface area contributed by atoms with E-state index >= 15 is 0 Å². The minimum absolute atomic E-state index is 0.101. The summed E-state index contributed by atoms with van der Waals surface area (Å²) in [6.07, 6.45) is 0.951. The maximum Gasteiger partial charge on any atom is 0.229 e. The Kier molecular flexibility index (Phi) is 7.69. The van der Waals surface area contributed by atoms with E-state index in [9.17, 15) is 10.1 Å². The van der Waals surface area contributed by atoms with Crippen molar-refractivity contribution < 1.29 is 4.79 Å². The number of nitrogens with one attached hydrogen (secondary N) is 2. The van der Waals surface area contributed by atoms with Crippen molar-refractivity contribution in [3.05, 3.63) is 69.8 Å². The molecule has 0 heterocycles. The van der Waals surface area contributed by atoms with Crippen LogP contribution in [0.4, 0.5) is 0 Å². The number of rotatable bonds is 7. The van der Waals surface area contributed by atoms with Crippen molar-refractivity contribution in [3.63, 3.8) is 0 Å². The number of nitrogens with zero attached hydrogens (tertiary/aromatic N) is 2. The molecule has 0 saturated heterocycles. The second-order valence-electron chi connectivity index (χ2n) is 7.86. The van der Waals surface area contributed by atoms with Gasteiger partial charge in [0.15, 0.2) is 0 Å². The van der Waals surface area contributed by atoms with Crippen LogP contribution in [0.2, 0.25) is 0 Å². The molecule has 5 nitrogen and oxygen atoms in total. The van der Waals surface area contributed by atoms with Gasteiger partial charge >= 0.3 is 0 Å². The number of amidine groups is 1. The zero-order chi connectivity index (χ0) is 21.6. The molecule has 0 unspecified atom stereocenters. The summed E-state index contributed by atoms with van der Waals surface area (Å²) in [5.74, 6) is 0.0953. The van der Waals surface area contributed by atoms with Crippen LogP contribution in [0.25, 0.3) is 0 Å². The van der Waals surface area contributed by atoms with Gasteiger partial charge in [0.25, 0.3) is 0 Å². The van der Waals surface area contributed by atoms with Crippen molar-refractivity contribution in [1.29, 1.82) is 10.7 Å². The molecule has 152 valence electrons. The van der Waals surface area contributed by atoms with Crippen LogP contribution in [0.1, 0.15) is 60.1 Å². The van der Waals surface area contributed by atoms with Gasteiger partial charge in [-0.15, -0.1) is 0 Å². The van der Waals surface area contributed by atoms with Crippen LogP contribution in [0.5, 0.6) is 0 Å². The third kappa shape index (κ3) is 6.00. The minimum atomic E-state index is -0.214. The lowest BCUT2D eigenvalue weighted by atomic mass is 9.88. The molecule has 29 heavy (non-hydrogen) atoms. The monoisotopic (exact) mass is 390 g/mol. The highest BCUT2D eigenvalue weighted by atomic mass is 16.1. The minimum Gasteiger partial charge on any atom is -0.310 e. The molecule has 2 rings (SSSR count). The first-order chi connectivity index (χ1) is 13.7. The van der Waals surface area contributed by atoms with Gasteiger partial charge in [-0.05, 0) is 60.8 Å². The zero-order valence-electron chi connectivity index (χ0n) is 18.0. The van der Waals surface area contributed by atoms with Crippen molar-refractivity contribution in [1.82, 2.24) is 10.2 Å². The molecular weight excluding hydrogens is 360 g/mol. The summed E-state index contributed by atoms with van der Waals surface area (Å²) in [4.78, 5) is 14.8. The SMILES string of the molecule is CCc1cc(C#N)cc(C(C)C)c1CC(=O)NC(=N)c1ccc(CN(C)C)cc1. The van der Waals surface area contributed by atoms with Crippen LogP contribution in [-0.2, 0) is 24.2 Å². The number of hydrogen-bond donors (Lipinski definition) is 2. The summed E-state index contributed by atoms with van der Waals surface area (Å²) < 4.78 is 0. The topological polar surface area (TPSA) is 80.0 Å². The van der Waals surface area contributed by atoms with Crippen molar-refractivity contribution in [3.8, 4) is 6.07 Å². The van der Waals surface area contributed by atoms with Gasteiger partial charge in [0.1, 0.15) is 5.84 Å². The molecule has 2 aromatic rings. The summed E-state index contributed by atoms with van der Waals surface area (Å²) in [5, 5.41) is 20.3. The first-order valence-corrected chi connectivity index (χ1v) is 9.93. The fourth-order valence-corrected chi connectivity index (χ4v) is 3.43. The Bertz CT molecular complexity index is 921. The number of benzene rings is 2. The van der Waals surface area contributed by atoms with Gasteiger partial charge in [0, 0.05) is 12.1 Å². The Morgan fingerprint density at radius 3 is 2.38 bits per heavy atom. The summed E-state index contributed by atoms with van der Waals surface area (Å²) in [6, 6.07) is 13.6. The lowest BCUT2D eigenvalue weighted by Gasteiger charge is -2.18. The molecule has 0 spiro atoms. The molecule has 0 aliphatic carbocycles. The molecule has 0 aromatic heterocycles. The van der Waals surface area contributed by atoms with E-state index in [1.54, 1.807) is 0 Å². The Morgan fingerprint density at radius 2 is 1.86 bits per heavy atom. The average Bonchev–Trinajstić information content (AvgIpc) is 2.67. The smallest absolute Gasteiger partial charge is 0.229 e. The molecule has 0 saturated carbocycles. The summed E-state index contributed by atoms with van der Waals surface area (Å²) in [7, 11) is 4.02. The molecule has 0 radical (unpaired) electrons. The van der Waals surface area contributed by atoms with Crippen molar-refractivity contribution in [2.24, 2.45) is 0 Å². The van der Waals surface area contributed by atoms with Crippen LogP contribution in [0.15, 0.2) is 36.4 Å². The maximum atomic E-state index is 12.7. The highest BCUT2D eigenvalue weighted by Crippen LogP contribution is 2.26. The molecular formula is C24H30N4O. The molecule has 5 heteroatoms. The van der Waals surface area contributed by atoms with E-state index < -0.39 is 0 Å². The van der Waals surface area contributed by atoms with Crippen molar-refractivity contribution in [2.45, 2.75) is 46.1 Å². The second kappa shape index (κ2) is 9.99. The normalized spacial score (nSPS) is 10.8. The Hall–Kier alpha value is -2.97. The fraction of sp³-hybridized carbons (Fsp3) is 0.375. The van der Waals surface area contributed by atoms with Gasteiger partial charge in [-0.2, -0.15) is 5.26 Å². The van der Waals surface area contributed by atoms with Crippen molar-refractivity contribution in [2.75, 3.05) is 14.1 Å². The lowest BCUT2D eigenvalue weighted by Crippen LogP contribution is -2.32. The predicted octanol–water partition coefficient (Wildman–Crippen LogP) is 3.99. The van der Waals surface area contributed by atoms with E-state index in [1.165, 1.54) is 0 Å². The van der Waals surface area contributed by atoms with Gasteiger partial charge in [-0.1, -0.05) is 45.0 Å². The molecule has 0 fully saturated rings. The van der Waals surface area contributed by atoms with Crippen molar-refractivity contribution >= 4 is 11.7 Å². The fourth-order valence-electron chi connectivity index (χ4n) is 3.43. The van der Waals surface area contributed by atoms with Gasteiger partial charge < -0.3 is 10.2 Å². The van der Waals surface area contributed by atoms with Gasteiger partial charge in [0.05, 0.1) is 18.1 Å². The zero-order valence-corrected chi connectivity index (χ0v) is 18.0. The van der Waals surface area contributed by atoms with E-state index in [4.69, 9.17) is 5.41 Å². The molecule has 2 N–H and O–H groups in total. The maximum absolute atomic E-state index is 12.7. The first kappa shape index (κ1) is 22.3. The van der Waals surface area contributed by atoms with E-state index in [1.807, 2.05) is 57.4 Å². The quantitative estimate of drug-likeness (QED) is 0.554. The molecule has 0 bridgehead atoms. The van der Waals surface area contributed by atoms with Gasteiger partial charge in [-0.25, -0.2) is 0 Å². The summed E-state index contributed by atoms with van der Waals surface area (Å²) in [6.45, 7) is 6.99. The van der Waals surface area contributed by atoms with E-state index in [0.29, 0.717) is 11.1 Å². The van der Waals surface area contributed by atoms with Crippen LogP contribution < -0.4 is 5.32 Å². The number of hydrogen-bond acceptors (Lipinski definition) is 4. The van der Waals surface area contributed by atoms with Crippen LogP contribution in [0.3, 0.4) is 0 Å². The number of amides is 1. The standard InChI is InChI=1S/C24H30N4O/c1-6-19-11-18(14-25)12-21(16(2)3)22(19)13-23(29)27-24(26)20-9-7-17(8-10-20)15-28(4)5/h7-12,16H,6,13,15H2,1-5H3,(H2,26,27,29). The lowest BCUT2D eigenvalue weighted by molar-refractivity contribution is -0.119. The number of aryl methyl sites for hydroxylation is 1. The third-order valence-electron chi connectivity index (χ3n) is 4.85. The van der Waals surface area contributed by atoms with Crippen LogP contribution >= 0.6 is 0 Å².